The van der Waals surface area contributed by atoms with Crippen LogP contribution in [0.5, 0.6) is 11.5 Å². The number of carbonyl (C=O) groups is 1. The second kappa shape index (κ2) is 11.9. The van der Waals surface area contributed by atoms with Crippen molar-refractivity contribution in [1.82, 2.24) is 24.8 Å². The highest BCUT2D eigenvalue weighted by Gasteiger charge is 2.37. The van der Waals surface area contributed by atoms with Gasteiger partial charge in [0, 0.05) is 48.5 Å². The summed E-state index contributed by atoms with van der Waals surface area (Å²) in [5.41, 5.74) is 3.67. The zero-order valence-corrected chi connectivity index (χ0v) is 27.1. The molecule has 3 aromatic heterocycles. The molecule has 1 saturated heterocycles. The van der Waals surface area contributed by atoms with Gasteiger partial charge in [0.05, 0.1) is 29.3 Å². The summed E-state index contributed by atoms with van der Waals surface area (Å²) in [5.74, 6) is 2.30. The number of pyridine rings is 1. The van der Waals surface area contributed by atoms with Crippen molar-refractivity contribution >= 4 is 39.0 Å². The summed E-state index contributed by atoms with van der Waals surface area (Å²) < 4.78 is 12.2. The summed E-state index contributed by atoms with van der Waals surface area (Å²) in [4.78, 5) is 33.0. The smallest absolute Gasteiger partial charge is 0.246 e. The van der Waals surface area contributed by atoms with E-state index in [0.717, 1.165) is 64.8 Å². The lowest BCUT2D eigenvalue weighted by Gasteiger charge is -2.47. The zero-order valence-electron chi connectivity index (χ0n) is 26.3. The number of anilines is 2. The molecule has 4 aromatic rings. The standard InChI is InChI=1S/C34H40N6O3S/c1-22-16-24(10-12-27(22)42-25-11-9-23(2)35-17-25)38-31-30-26-13-15-40(18-28(26)44-32(30)37-21-36-31)29(41)8-7-14-39-19-33(3,4)43-34(5,6)20-39/h7-12,16-17,21H,13-15,18-20H2,1-6H3,(H,36,37,38)/b8-7+. The average molecular weight is 613 g/mol. The van der Waals surface area contributed by atoms with Gasteiger partial charge in [-0.2, -0.15) is 0 Å². The van der Waals surface area contributed by atoms with Crippen LogP contribution in [0.3, 0.4) is 0 Å². The Morgan fingerprint density at radius 3 is 2.61 bits per heavy atom. The Labute approximate surface area is 262 Å². The molecule has 1 fully saturated rings. The highest BCUT2D eigenvalue weighted by atomic mass is 32.1. The Morgan fingerprint density at radius 1 is 1.09 bits per heavy atom. The van der Waals surface area contributed by atoms with E-state index in [1.165, 1.54) is 10.4 Å². The molecule has 44 heavy (non-hydrogen) atoms. The molecule has 1 amide bonds. The predicted octanol–water partition coefficient (Wildman–Crippen LogP) is 6.57. The Hall–Kier alpha value is -3.86. The number of ether oxygens (including phenoxy) is 2. The number of benzene rings is 1. The van der Waals surface area contributed by atoms with Gasteiger partial charge < -0.3 is 19.7 Å². The van der Waals surface area contributed by atoms with Gasteiger partial charge >= 0.3 is 0 Å². The summed E-state index contributed by atoms with van der Waals surface area (Å²) in [6.45, 7) is 16.1. The first-order valence-corrected chi connectivity index (χ1v) is 15.9. The minimum atomic E-state index is -0.211. The van der Waals surface area contributed by atoms with Gasteiger partial charge in [-0.25, -0.2) is 9.97 Å². The lowest BCUT2D eigenvalue weighted by atomic mass is 9.99. The van der Waals surface area contributed by atoms with Crippen LogP contribution in [-0.4, -0.2) is 68.0 Å². The fourth-order valence-corrected chi connectivity index (χ4v) is 7.52. The summed E-state index contributed by atoms with van der Waals surface area (Å²) in [5, 5.41) is 4.55. The first-order valence-electron chi connectivity index (χ1n) is 15.1. The quantitative estimate of drug-likeness (QED) is 0.234. The normalized spacial score (nSPS) is 18.0. The molecule has 0 saturated carbocycles. The van der Waals surface area contributed by atoms with Crippen molar-refractivity contribution in [2.45, 2.75) is 65.7 Å². The predicted molar refractivity (Wildman–Crippen MR) is 175 cm³/mol. The van der Waals surface area contributed by atoms with Gasteiger partial charge in [-0.3, -0.25) is 14.7 Å². The number of rotatable bonds is 7. The molecule has 230 valence electrons. The van der Waals surface area contributed by atoms with Gasteiger partial charge in [-0.15, -0.1) is 11.3 Å². The van der Waals surface area contributed by atoms with Crippen LogP contribution in [0.4, 0.5) is 11.5 Å². The van der Waals surface area contributed by atoms with E-state index in [-0.39, 0.29) is 17.1 Å². The van der Waals surface area contributed by atoms with Crippen molar-refractivity contribution in [3.63, 3.8) is 0 Å². The summed E-state index contributed by atoms with van der Waals surface area (Å²) in [6, 6.07) is 9.85. The number of nitrogens with zero attached hydrogens (tertiary/aromatic N) is 5. The van der Waals surface area contributed by atoms with Crippen LogP contribution < -0.4 is 10.1 Å². The van der Waals surface area contributed by atoms with Crippen LogP contribution in [0.2, 0.25) is 0 Å². The van der Waals surface area contributed by atoms with E-state index in [9.17, 15) is 4.79 Å². The van der Waals surface area contributed by atoms with Gasteiger partial charge in [-0.1, -0.05) is 6.08 Å². The summed E-state index contributed by atoms with van der Waals surface area (Å²) in [7, 11) is 0. The molecule has 1 aromatic carbocycles. The van der Waals surface area contributed by atoms with Crippen molar-refractivity contribution in [3.8, 4) is 11.5 Å². The third kappa shape index (κ3) is 6.77. The minimum absolute atomic E-state index is 0.0449. The maximum Gasteiger partial charge on any atom is 0.246 e. The Balaban J connectivity index is 1.13. The molecule has 0 unspecified atom stereocenters. The minimum Gasteiger partial charge on any atom is -0.455 e. The number of fused-ring (bicyclic) bond motifs is 3. The second-order valence-corrected chi connectivity index (χ2v) is 14.0. The van der Waals surface area contributed by atoms with Crippen molar-refractivity contribution in [1.29, 1.82) is 0 Å². The number of hydrogen-bond acceptors (Lipinski definition) is 9. The molecule has 0 spiro atoms. The van der Waals surface area contributed by atoms with Gasteiger partial charge in [-0.05, 0) is 89.4 Å². The van der Waals surface area contributed by atoms with Gasteiger partial charge in [0.2, 0.25) is 5.91 Å². The number of morpholine rings is 1. The van der Waals surface area contributed by atoms with E-state index in [0.29, 0.717) is 18.8 Å². The number of nitrogens with one attached hydrogen (secondary N) is 1. The van der Waals surface area contributed by atoms with Crippen molar-refractivity contribution < 1.29 is 14.3 Å². The monoisotopic (exact) mass is 612 g/mol. The lowest BCUT2D eigenvalue weighted by Crippen LogP contribution is -2.57. The van der Waals surface area contributed by atoms with E-state index in [1.54, 1.807) is 29.9 Å². The van der Waals surface area contributed by atoms with Gasteiger partial charge in [0.1, 0.15) is 28.5 Å². The highest BCUT2D eigenvalue weighted by Crippen LogP contribution is 2.38. The SMILES string of the molecule is Cc1ccc(Oc2ccc(Nc3ncnc4sc5c(c34)CCN(C(=O)/C=C/CN3CC(C)(C)OC(C)(C)C3)C5)cc2C)cn1. The molecule has 0 atom stereocenters. The summed E-state index contributed by atoms with van der Waals surface area (Å²) >= 11 is 1.64. The second-order valence-electron chi connectivity index (χ2n) is 13.0. The van der Waals surface area contributed by atoms with Crippen LogP contribution in [0.1, 0.15) is 49.4 Å². The number of amides is 1. The molecule has 2 aliphatic rings. The molecular formula is C34H40N6O3S. The molecule has 0 aliphatic carbocycles. The van der Waals surface area contributed by atoms with Crippen LogP contribution in [0, 0.1) is 13.8 Å². The number of aryl methyl sites for hydroxylation is 2. The molecule has 1 N–H and O–H groups in total. The average Bonchev–Trinajstić information content (AvgIpc) is 3.33. The molecule has 2 aliphatic heterocycles. The molecule has 9 nitrogen and oxygen atoms in total. The number of hydrogen-bond donors (Lipinski definition) is 1. The molecule has 5 heterocycles. The molecule has 0 bridgehead atoms. The van der Waals surface area contributed by atoms with Crippen molar-refractivity contribution in [2.24, 2.45) is 0 Å². The van der Waals surface area contributed by atoms with Gasteiger partial charge in [0.25, 0.3) is 0 Å². The van der Waals surface area contributed by atoms with E-state index < -0.39 is 0 Å². The topological polar surface area (TPSA) is 92.7 Å². The Bertz CT molecular complexity index is 1700. The maximum absolute atomic E-state index is 13.2. The van der Waals surface area contributed by atoms with Gasteiger partial charge in [0.15, 0.2) is 0 Å². The molecular weight excluding hydrogens is 572 g/mol. The third-order valence-corrected chi connectivity index (χ3v) is 9.01. The summed E-state index contributed by atoms with van der Waals surface area (Å²) in [6.07, 6.45) is 7.81. The van der Waals surface area contributed by atoms with Crippen molar-refractivity contribution in [2.75, 3.05) is 31.5 Å². The molecule has 6 rings (SSSR count). The largest absolute Gasteiger partial charge is 0.455 e. The first-order chi connectivity index (χ1) is 20.9. The number of aromatic nitrogens is 3. The Morgan fingerprint density at radius 2 is 1.89 bits per heavy atom. The fourth-order valence-electron chi connectivity index (χ4n) is 6.31. The molecule has 0 radical (unpaired) electrons. The number of carbonyl (C=O) groups excluding carboxylic acids is 1. The van der Waals surface area contributed by atoms with E-state index in [4.69, 9.17) is 9.47 Å². The van der Waals surface area contributed by atoms with Crippen LogP contribution >= 0.6 is 11.3 Å². The van der Waals surface area contributed by atoms with Crippen LogP contribution in [0.25, 0.3) is 10.2 Å². The maximum atomic E-state index is 13.2. The first kappa shape index (κ1) is 30.2. The van der Waals surface area contributed by atoms with E-state index >= 15 is 0 Å². The van der Waals surface area contributed by atoms with Crippen molar-refractivity contribution in [3.05, 3.63) is 76.7 Å². The number of thiophene rings is 1. The Kier molecular flexibility index (Phi) is 8.17. The van der Waals surface area contributed by atoms with Crippen LogP contribution in [-0.2, 0) is 22.5 Å². The lowest BCUT2D eigenvalue weighted by molar-refractivity contribution is -0.178. The third-order valence-electron chi connectivity index (χ3n) is 7.88. The van der Waals surface area contributed by atoms with E-state index in [2.05, 4.69) is 58.9 Å². The van der Waals surface area contributed by atoms with E-state index in [1.807, 2.05) is 49.1 Å². The zero-order chi connectivity index (χ0) is 31.1. The fraction of sp³-hybridized carbons (Fsp3) is 0.412. The highest BCUT2D eigenvalue weighted by molar-refractivity contribution is 7.19. The molecule has 10 heteroatoms. The van der Waals surface area contributed by atoms with Crippen LogP contribution in [0.15, 0.2) is 55.0 Å².